The van der Waals surface area contributed by atoms with Gasteiger partial charge in [0.05, 0.1) is 0 Å². The molecule has 0 aliphatic heterocycles. The lowest BCUT2D eigenvalue weighted by Gasteiger charge is -2.09. The summed E-state index contributed by atoms with van der Waals surface area (Å²) in [5, 5.41) is 3.11. The van der Waals surface area contributed by atoms with Crippen LogP contribution < -0.4 is 5.32 Å². The summed E-state index contributed by atoms with van der Waals surface area (Å²) in [7, 11) is 0. The summed E-state index contributed by atoms with van der Waals surface area (Å²) in [6, 6.07) is 9.14. The fourth-order valence-corrected chi connectivity index (χ4v) is 2.73. The van der Waals surface area contributed by atoms with E-state index in [1.54, 1.807) is 0 Å². The standard InChI is InChI=1S/C13H9Br2F2N/c14-9-1-2-13(12(15)5-9)18-7-8-3-10(16)6-11(17)4-8/h1-6,18H,7H2. The Labute approximate surface area is 120 Å². The van der Waals surface area contributed by atoms with Crippen LogP contribution in [-0.2, 0) is 6.54 Å². The third-order valence-corrected chi connectivity index (χ3v) is 3.49. The first-order chi connectivity index (χ1) is 8.54. The van der Waals surface area contributed by atoms with Crippen molar-refractivity contribution in [2.75, 3.05) is 5.32 Å². The molecule has 2 aromatic rings. The summed E-state index contributed by atoms with van der Waals surface area (Å²) < 4.78 is 27.8. The van der Waals surface area contributed by atoms with Gasteiger partial charge in [-0.1, -0.05) is 15.9 Å². The van der Waals surface area contributed by atoms with E-state index in [1.807, 2.05) is 18.2 Å². The van der Waals surface area contributed by atoms with Crippen LogP contribution >= 0.6 is 31.9 Å². The maximum atomic E-state index is 13.0. The Morgan fingerprint density at radius 1 is 0.944 bits per heavy atom. The lowest BCUT2D eigenvalue weighted by atomic mass is 10.2. The zero-order valence-electron chi connectivity index (χ0n) is 9.18. The van der Waals surface area contributed by atoms with Gasteiger partial charge in [-0.15, -0.1) is 0 Å². The molecule has 1 N–H and O–H groups in total. The van der Waals surface area contributed by atoms with Gasteiger partial charge in [-0.3, -0.25) is 0 Å². The largest absolute Gasteiger partial charge is 0.380 e. The van der Waals surface area contributed by atoms with Crippen molar-refractivity contribution in [1.82, 2.24) is 0 Å². The van der Waals surface area contributed by atoms with Gasteiger partial charge in [0.15, 0.2) is 0 Å². The normalized spacial score (nSPS) is 10.4. The van der Waals surface area contributed by atoms with Gasteiger partial charge in [0.1, 0.15) is 11.6 Å². The number of hydrogen-bond acceptors (Lipinski definition) is 1. The fraction of sp³-hybridized carbons (Fsp3) is 0.0769. The van der Waals surface area contributed by atoms with Gasteiger partial charge in [0.2, 0.25) is 0 Å². The SMILES string of the molecule is Fc1cc(F)cc(CNc2ccc(Br)cc2Br)c1. The first-order valence-electron chi connectivity index (χ1n) is 5.18. The number of nitrogens with one attached hydrogen (secondary N) is 1. The van der Waals surface area contributed by atoms with Gasteiger partial charge in [-0.25, -0.2) is 8.78 Å². The highest BCUT2D eigenvalue weighted by Gasteiger charge is 2.03. The van der Waals surface area contributed by atoms with Crippen molar-refractivity contribution in [2.24, 2.45) is 0 Å². The van der Waals surface area contributed by atoms with Gasteiger partial charge < -0.3 is 5.32 Å². The number of anilines is 1. The fourth-order valence-electron chi connectivity index (χ4n) is 1.54. The average Bonchev–Trinajstić information content (AvgIpc) is 2.26. The van der Waals surface area contributed by atoms with E-state index in [-0.39, 0.29) is 0 Å². The molecular weight excluding hydrogens is 368 g/mol. The molecule has 0 fully saturated rings. The number of halogens is 4. The highest BCUT2D eigenvalue weighted by Crippen LogP contribution is 2.26. The van der Waals surface area contributed by atoms with Gasteiger partial charge in [-0.05, 0) is 51.8 Å². The Hall–Kier alpha value is -0.940. The zero-order chi connectivity index (χ0) is 13.1. The number of benzene rings is 2. The Balaban J connectivity index is 2.11. The van der Waals surface area contributed by atoms with E-state index in [1.165, 1.54) is 12.1 Å². The third kappa shape index (κ3) is 3.53. The first-order valence-corrected chi connectivity index (χ1v) is 6.77. The molecule has 1 nitrogen and oxygen atoms in total. The van der Waals surface area contributed by atoms with Crippen molar-refractivity contribution < 1.29 is 8.78 Å². The molecule has 0 radical (unpaired) electrons. The van der Waals surface area contributed by atoms with Crippen LogP contribution in [0.25, 0.3) is 0 Å². The van der Waals surface area contributed by atoms with Crippen molar-refractivity contribution in [3.8, 4) is 0 Å². The molecule has 0 aliphatic carbocycles. The molecule has 0 unspecified atom stereocenters. The topological polar surface area (TPSA) is 12.0 Å². The second kappa shape index (κ2) is 5.80. The van der Waals surface area contributed by atoms with Crippen molar-refractivity contribution in [2.45, 2.75) is 6.54 Å². The monoisotopic (exact) mass is 375 g/mol. The van der Waals surface area contributed by atoms with E-state index in [0.717, 1.165) is 20.7 Å². The number of rotatable bonds is 3. The molecule has 0 heterocycles. The molecule has 0 spiro atoms. The molecule has 5 heteroatoms. The zero-order valence-corrected chi connectivity index (χ0v) is 12.4. The molecule has 0 aromatic heterocycles. The maximum Gasteiger partial charge on any atom is 0.126 e. The van der Waals surface area contributed by atoms with Gasteiger partial charge in [-0.2, -0.15) is 0 Å². The molecule has 0 saturated carbocycles. The quantitative estimate of drug-likeness (QED) is 0.785. The van der Waals surface area contributed by atoms with Crippen LogP contribution in [0.4, 0.5) is 14.5 Å². The summed E-state index contributed by atoms with van der Waals surface area (Å²) in [4.78, 5) is 0. The highest BCUT2D eigenvalue weighted by atomic mass is 79.9. The van der Waals surface area contributed by atoms with Crippen LogP contribution in [0.5, 0.6) is 0 Å². The lowest BCUT2D eigenvalue weighted by molar-refractivity contribution is 0.580. The van der Waals surface area contributed by atoms with E-state index in [0.29, 0.717) is 12.1 Å². The Morgan fingerprint density at radius 2 is 1.61 bits per heavy atom. The minimum atomic E-state index is -0.568. The van der Waals surface area contributed by atoms with E-state index in [9.17, 15) is 8.78 Å². The molecule has 94 valence electrons. The van der Waals surface area contributed by atoms with Crippen LogP contribution in [0.3, 0.4) is 0 Å². The van der Waals surface area contributed by atoms with E-state index >= 15 is 0 Å². The average molecular weight is 377 g/mol. The summed E-state index contributed by atoms with van der Waals surface area (Å²) in [5.74, 6) is -1.14. The second-order valence-corrected chi connectivity index (χ2v) is 5.53. The van der Waals surface area contributed by atoms with Crippen LogP contribution in [0.2, 0.25) is 0 Å². The first kappa shape index (κ1) is 13.5. The van der Waals surface area contributed by atoms with Crippen molar-refractivity contribution in [3.05, 3.63) is 62.5 Å². The molecule has 0 bridgehead atoms. The molecule has 18 heavy (non-hydrogen) atoms. The molecule has 0 amide bonds. The summed E-state index contributed by atoms with van der Waals surface area (Å²) >= 11 is 6.76. The second-order valence-electron chi connectivity index (χ2n) is 3.76. The van der Waals surface area contributed by atoms with E-state index in [2.05, 4.69) is 37.2 Å². The van der Waals surface area contributed by atoms with Crippen molar-refractivity contribution in [1.29, 1.82) is 0 Å². The third-order valence-electron chi connectivity index (χ3n) is 2.34. The Bertz CT molecular complexity index is 553. The predicted molar refractivity (Wildman–Crippen MR) is 75.5 cm³/mol. The van der Waals surface area contributed by atoms with Crippen LogP contribution in [0, 0.1) is 11.6 Å². The van der Waals surface area contributed by atoms with Crippen LogP contribution in [0.15, 0.2) is 45.3 Å². The van der Waals surface area contributed by atoms with E-state index < -0.39 is 11.6 Å². The molecular formula is C13H9Br2F2N. The predicted octanol–water partition coefficient (Wildman–Crippen LogP) is 5.10. The smallest absolute Gasteiger partial charge is 0.126 e. The van der Waals surface area contributed by atoms with Crippen molar-refractivity contribution in [3.63, 3.8) is 0 Å². The van der Waals surface area contributed by atoms with E-state index in [4.69, 9.17) is 0 Å². The summed E-state index contributed by atoms with van der Waals surface area (Å²) in [6.07, 6.45) is 0. The minimum absolute atomic E-state index is 0.356. The Kier molecular flexibility index (Phi) is 4.35. The summed E-state index contributed by atoms with van der Waals surface area (Å²) in [5.41, 5.74) is 1.42. The van der Waals surface area contributed by atoms with Gasteiger partial charge >= 0.3 is 0 Å². The molecule has 0 aliphatic rings. The molecule has 2 rings (SSSR count). The minimum Gasteiger partial charge on any atom is -0.380 e. The van der Waals surface area contributed by atoms with Crippen LogP contribution in [-0.4, -0.2) is 0 Å². The number of hydrogen-bond donors (Lipinski definition) is 1. The molecule has 2 aromatic carbocycles. The highest BCUT2D eigenvalue weighted by molar-refractivity contribution is 9.11. The maximum absolute atomic E-state index is 13.0. The molecule has 0 saturated heterocycles. The lowest BCUT2D eigenvalue weighted by Crippen LogP contribution is -2.01. The van der Waals surface area contributed by atoms with Gasteiger partial charge in [0, 0.05) is 27.2 Å². The molecule has 0 atom stereocenters. The van der Waals surface area contributed by atoms with Crippen molar-refractivity contribution >= 4 is 37.5 Å². The Morgan fingerprint density at radius 3 is 2.22 bits per heavy atom. The van der Waals surface area contributed by atoms with Gasteiger partial charge in [0.25, 0.3) is 0 Å². The van der Waals surface area contributed by atoms with Crippen LogP contribution in [0.1, 0.15) is 5.56 Å². The summed E-state index contributed by atoms with van der Waals surface area (Å²) in [6.45, 7) is 0.356.